The van der Waals surface area contributed by atoms with E-state index >= 15 is 0 Å². The number of hydrogen-bond acceptors (Lipinski definition) is 6. The Morgan fingerprint density at radius 3 is 2.41 bits per heavy atom. The molecule has 17 heavy (non-hydrogen) atoms. The second kappa shape index (κ2) is 6.63. The summed E-state index contributed by atoms with van der Waals surface area (Å²) in [5, 5.41) is 28.5. The van der Waals surface area contributed by atoms with Crippen LogP contribution in [-0.4, -0.2) is 78.7 Å². The molecule has 0 saturated carbocycles. The maximum Gasteiger partial charge on any atom is 0.183 e. The van der Waals surface area contributed by atoms with Crippen molar-refractivity contribution in [3.63, 3.8) is 0 Å². The average molecular weight is 249 g/mol. The van der Waals surface area contributed by atoms with Gasteiger partial charge in [0.1, 0.15) is 6.10 Å². The van der Waals surface area contributed by atoms with Crippen LogP contribution in [-0.2, 0) is 9.47 Å². The van der Waals surface area contributed by atoms with Crippen molar-refractivity contribution >= 4 is 0 Å². The number of likely N-dealkylation sites (N-methyl/N-ethyl adjacent to an activating group) is 1. The monoisotopic (exact) mass is 249 g/mol. The van der Waals surface area contributed by atoms with Crippen LogP contribution in [0.4, 0.5) is 0 Å². The maximum absolute atomic E-state index is 9.68. The SMILES string of the molecule is CC1C(COCCN(C)C)OC(O)C(O)C1O. The third-order valence-electron chi connectivity index (χ3n) is 3.05. The fourth-order valence-corrected chi connectivity index (χ4v) is 1.72. The average Bonchev–Trinajstić information content (AvgIpc) is 2.27. The first kappa shape index (κ1) is 14.8. The summed E-state index contributed by atoms with van der Waals surface area (Å²) in [5.74, 6) is -0.271. The van der Waals surface area contributed by atoms with Gasteiger partial charge in [0.05, 0.1) is 25.4 Å². The van der Waals surface area contributed by atoms with Crippen LogP contribution in [0.2, 0.25) is 0 Å². The Bertz CT molecular complexity index is 226. The van der Waals surface area contributed by atoms with Gasteiger partial charge in [0.15, 0.2) is 6.29 Å². The minimum Gasteiger partial charge on any atom is -0.390 e. The predicted molar refractivity (Wildman–Crippen MR) is 61.4 cm³/mol. The van der Waals surface area contributed by atoms with E-state index in [9.17, 15) is 15.3 Å². The zero-order valence-electron chi connectivity index (χ0n) is 10.6. The van der Waals surface area contributed by atoms with E-state index in [1.165, 1.54) is 0 Å². The molecule has 5 atom stereocenters. The van der Waals surface area contributed by atoms with Gasteiger partial charge >= 0.3 is 0 Å². The lowest BCUT2D eigenvalue weighted by molar-refractivity contribution is -0.273. The van der Waals surface area contributed by atoms with Gasteiger partial charge in [-0.1, -0.05) is 6.92 Å². The van der Waals surface area contributed by atoms with Gasteiger partial charge in [-0.3, -0.25) is 0 Å². The Hall–Kier alpha value is -0.240. The Morgan fingerprint density at radius 1 is 1.18 bits per heavy atom. The van der Waals surface area contributed by atoms with Crippen LogP contribution in [0.5, 0.6) is 0 Å². The first-order chi connectivity index (χ1) is 7.93. The lowest BCUT2D eigenvalue weighted by atomic mass is 9.91. The highest BCUT2D eigenvalue weighted by Crippen LogP contribution is 2.24. The lowest BCUT2D eigenvalue weighted by Crippen LogP contribution is -2.54. The zero-order valence-corrected chi connectivity index (χ0v) is 10.6. The molecule has 1 fully saturated rings. The molecular formula is C11H23NO5. The third-order valence-corrected chi connectivity index (χ3v) is 3.05. The van der Waals surface area contributed by atoms with E-state index in [-0.39, 0.29) is 5.92 Å². The van der Waals surface area contributed by atoms with Gasteiger partial charge in [0.2, 0.25) is 0 Å². The van der Waals surface area contributed by atoms with E-state index in [1.807, 2.05) is 19.0 Å². The molecule has 1 aliphatic rings. The largest absolute Gasteiger partial charge is 0.390 e. The highest BCUT2D eigenvalue weighted by atomic mass is 16.6. The first-order valence-corrected chi connectivity index (χ1v) is 5.85. The molecule has 6 nitrogen and oxygen atoms in total. The summed E-state index contributed by atoms with van der Waals surface area (Å²) in [5.41, 5.74) is 0. The van der Waals surface area contributed by atoms with Gasteiger partial charge in [-0.05, 0) is 14.1 Å². The molecule has 0 bridgehead atoms. The fourth-order valence-electron chi connectivity index (χ4n) is 1.72. The molecule has 0 radical (unpaired) electrons. The highest BCUT2D eigenvalue weighted by Gasteiger charge is 2.41. The number of rotatable bonds is 5. The third kappa shape index (κ3) is 4.17. The number of nitrogens with zero attached hydrogens (tertiary/aromatic N) is 1. The normalized spacial score (nSPS) is 38.6. The van der Waals surface area contributed by atoms with Crippen LogP contribution in [0, 0.1) is 5.92 Å². The maximum atomic E-state index is 9.68. The Balaban J connectivity index is 2.33. The Kier molecular flexibility index (Phi) is 5.78. The van der Waals surface area contributed by atoms with Crippen molar-refractivity contribution in [2.75, 3.05) is 33.9 Å². The van der Waals surface area contributed by atoms with Crippen LogP contribution in [0.15, 0.2) is 0 Å². The number of aliphatic hydroxyl groups is 3. The zero-order chi connectivity index (χ0) is 13.0. The van der Waals surface area contributed by atoms with E-state index in [1.54, 1.807) is 6.92 Å². The highest BCUT2D eigenvalue weighted by molar-refractivity contribution is 4.85. The van der Waals surface area contributed by atoms with Crippen LogP contribution in [0.1, 0.15) is 6.92 Å². The summed E-state index contributed by atoms with van der Waals surface area (Å²) in [4.78, 5) is 2.00. The molecule has 0 aliphatic carbocycles. The molecule has 102 valence electrons. The van der Waals surface area contributed by atoms with Crippen LogP contribution in [0.3, 0.4) is 0 Å². The fraction of sp³-hybridized carbons (Fsp3) is 1.00. The van der Waals surface area contributed by atoms with Crippen molar-refractivity contribution in [1.29, 1.82) is 0 Å². The molecule has 0 amide bonds. The standard InChI is InChI=1S/C11H23NO5/c1-7-8(6-16-5-4-12(2)3)17-11(15)10(14)9(7)13/h7-11,13-15H,4-6H2,1-3H3. The van der Waals surface area contributed by atoms with Gasteiger partial charge in [0.25, 0.3) is 0 Å². The molecule has 1 rings (SSSR count). The van der Waals surface area contributed by atoms with Gasteiger partial charge in [-0.25, -0.2) is 0 Å². The second-order valence-corrected chi connectivity index (χ2v) is 4.78. The van der Waals surface area contributed by atoms with E-state index < -0.39 is 24.6 Å². The molecule has 1 aliphatic heterocycles. The van der Waals surface area contributed by atoms with Gasteiger partial charge in [0, 0.05) is 12.5 Å². The Morgan fingerprint density at radius 2 is 1.82 bits per heavy atom. The summed E-state index contributed by atoms with van der Waals surface area (Å²) in [6.07, 6.45) is -3.97. The molecule has 0 aromatic carbocycles. The molecule has 1 saturated heterocycles. The Labute approximate surface area is 102 Å². The number of hydrogen-bond donors (Lipinski definition) is 3. The summed E-state index contributed by atoms with van der Waals surface area (Å²) >= 11 is 0. The van der Waals surface area contributed by atoms with Crippen LogP contribution >= 0.6 is 0 Å². The molecule has 0 spiro atoms. The van der Waals surface area contributed by atoms with E-state index in [0.29, 0.717) is 13.2 Å². The smallest absolute Gasteiger partial charge is 0.183 e. The minimum absolute atomic E-state index is 0.271. The molecule has 0 aromatic heterocycles. The van der Waals surface area contributed by atoms with Crippen molar-refractivity contribution in [3.8, 4) is 0 Å². The van der Waals surface area contributed by atoms with E-state index in [2.05, 4.69) is 0 Å². The molecular weight excluding hydrogens is 226 g/mol. The molecule has 0 aromatic rings. The lowest BCUT2D eigenvalue weighted by Gasteiger charge is -2.39. The summed E-state index contributed by atoms with van der Waals surface area (Å²) < 4.78 is 10.6. The summed E-state index contributed by atoms with van der Waals surface area (Å²) in [7, 11) is 3.90. The van der Waals surface area contributed by atoms with E-state index in [4.69, 9.17) is 9.47 Å². The molecule has 5 unspecified atom stereocenters. The number of ether oxygens (including phenoxy) is 2. The summed E-state index contributed by atoms with van der Waals surface area (Å²) in [6, 6.07) is 0. The number of aliphatic hydroxyl groups excluding tert-OH is 3. The topological polar surface area (TPSA) is 82.4 Å². The second-order valence-electron chi connectivity index (χ2n) is 4.78. The van der Waals surface area contributed by atoms with Crippen molar-refractivity contribution < 1.29 is 24.8 Å². The molecule has 6 heteroatoms. The van der Waals surface area contributed by atoms with Crippen molar-refractivity contribution in [1.82, 2.24) is 4.90 Å². The van der Waals surface area contributed by atoms with Gasteiger partial charge in [-0.2, -0.15) is 0 Å². The van der Waals surface area contributed by atoms with Gasteiger partial charge < -0.3 is 29.7 Å². The van der Waals surface area contributed by atoms with Crippen LogP contribution in [0.25, 0.3) is 0 Å². The van der Waals surface area contributed by atoms with Crippen molar-refractivity contribution in [2.45, 2.75) is 31.5 Å². The quantitative estimate of drug-likeness (QED) is 0.522. The predicted octanol–water partition coefficient (Wildman–Crippen LogP) is -1.36. The summed E-state index contributed by atoms with van der Waals surface area (Å²) in [6.45, 7) is 3.43. The molecule has 3 N–H and O–H groups in total. The van der Waals surface area contributed by atoms with Crippen molar-refractivity contribution in [3.05, 3.63) is 0 Å². The van der Waals surface area contributed by atoms with Gasteiger partial charge in [-0.15, -0.1) is 0 Å². The first-order valence-electron chi connectivity index (χ1n) is 5.85. The van der Waals surface area contributed by atoms with Crippen molar-refractivity contribution in [2.24, 2.45) is 5.92 Å². The molecule has 1 heterocycles. The van der Waals surface area contributed by atoms with Crippen LogP contribution < -0.4 is 0 Å². The minimum atomic E-state index is -1.34. The van der Waals surface area contributed by atoms with E-state index in [0.717, 1.165) is 6.54 Å².